The molecule has 2 N–H and O–H groups in total. The molecule has 128 valence electrons. The van der Waals surface area contributed by atoms with Gasteiger partial charge in [0.2, 0.25) is 5.91 Å². The molecule has 2 rings (SSSR count). The number of nitrogens with zero attached hydrogens (tertiary/aromatic N) is 2. The van der Waals surface area contributed by atoms with Crippen molar-refractivity contribution in [1.82, 2.24) is 20.6 Å². The van der Waals surface area contributed by atoms with Gasteiger partial charge in [0.05, 0.1) is 22.4 Å². The highest BCUT2D eigenvalue weighted by molar-refractivity contribution is 5.97. The number of aryl methyl sites for hydroxylation is 2. The molecule has 0 aliphatic heterocycles. The summed E-state index contributed by atoms with van der Waals surface area (Å²) in [5.74, 6) is -0.270. The molecule has 24 heavy (non-hydrogen) atoms. The van der Waals surface area contributed by atoms with Crippen molar-refractivity contribution in [2.24, 2.45) is 0 Å². The van der Waals surface area contributed by atoms with E-state index < -0.39 is 0 Å². The van der Waals surface area contributed by atoms with Crippen LogP contribution in [-0.2, 0) is 4.79 Å². The van der Waals surface area contributed by atoms with Crippen molar-refractivity contribution in [2.75, 3.05) is 6.54 Å². The Bertz CT molecular complexity index is 758. The van der Waals surface area contributed by atoms with Crippen molar-refractivity contribution >= 4 is 22.8 Å². The summed E-state index contributed by atoms with van der Waals surface area (Å²) in [5.41, 5.74) is 3.71. The normalized spacial score (nSPS) is 12.0. The van der Waals surface area contributed by atoms with Crippen molar-refractivity contribution < 1.29 is 9.59 Å². The lowest BCUT2D eigenvalue weighted by molar-refractivity contribution is -0.121. The minimum Gasteiger partial charge on any atom is -0.354 e. The van der Waals surface area contributed by atoms with Gasteiger partial charge in [0.25, 0.3) is 5.91 Å². The van der Waals surface area contributed by atoms with Gasteiger partial charge in [-0.3, -0.25) is 9.59 Å². The van der Waals surface area contributed by atoms with E-state index in [1.54, 1.807) is 18.2 Å². The summed E-state index contributed by atoms with van der Waals surface area (Å²) in [6.45, 7) is 8.07. The van der Waals surface area contributed by atoms with E-state index in [4.69, 9.17) is 0 Å². The van der Waals surface area contributed by atoms with E-state index in [1.165, 1.54) is 0 Å². The van der Waals surface area contributed by atoms with Crippen molar-refractivity contribution in [3.63, 3.8) is 0 Å². The Labute approximate surface area is 142 Å². The molecule has 2 amide bonds. The van der Waals surface area contributed by atoms with E-state index in [1.807, 2.05) is 27.7 Å². The smallest absolute Gasteiger partial charge is 0.251 e. The van der Waals surface area contributed by atoms with Gasteiger partial charge in [-0.25, -0.2) is 9.97 Å². The van der Waals surface area contributed by atoms with Gasteiger partial charge in [-0.15, -0.1) is 0 Å². The molecule has 2 aromatic rings. The van der Waals surface area contributed by atoms with Crippen LogP contribution in [0.25, 0.3) is 11.0 Å². The standard InChI is InChI=1S/C18H24N4O2/c1-5-11(2)20-17(23)8-9-19-18(24)14-6-7-15-16(10-14)22-13(4)12(3)21-15/h6-7,10-11H,5,8-9H2,1-4H3,(H,19,24)(H,20,23)/t11-/m1/s1. The van der Waals surface area contributed by atoms with Crippen LogP contribution in [-0.4, -0.2) is 34.4 Å². The average molecular weight is 328 g/mol. The number of rotatable bonds is 6. The monoisotopic (exact) mass is 328 g/mol. The largest absolute Gasteiger partial charge is 0.354 e. The third kappa shape index (κ3) is 4.50. The first-order chi connectivity index (χ1) is 11.4. The fourth-order valence-electron chi connectivity index (χ4n) is 2.21. The van der Waals surface area contributed by atoms with Crippen molar-refractivity contribution in [2.45, 2.75) is 46.6 Å². The Morgan fingerprint density at radius 3 is 2.46 bits per heavy atom. The van der Waals surface area contributed by atoms with Gasteiger partial charge >= 0.3 is 0 Å². The van der Waals surface area contributed by atoms with Gasteiger partial charge < -0.3 is 10.6 Å². The van der Waals surface area contributed by atoms with Crippen LogP contribution in [0.15, 0.2) is 18.2 Å². The predicted molar refractivity (Wildman–Crippen MR) is 93.9 cm³/mol. The van der Waals surface area contributed by atoms with E-state index >= 15 is 0 Å². The van der Waals surface area contributed by atoms with E-state index in [0.29, 0.717) is 17.6 Å². The zero-order valence-electron chi connectivity index (χ0n) is 14.6. The fraction of sp³-hybridized carbons (Fsp3) is 0.444. The molecule has 0 aliphatic carbocycles. The minimum absolute atomic E-state index is 0.0554. The number of amides is 2. The summed E-state index contributed by atoms with van der Waals surface area (Å²) >= 11 is 0. The number of aromatic nitrogens is 2. The summed E-state index contributed by atoms with van der Waals surface area (Å²) < 4.78 is 0. The van der Waals surface area contributed by atoms with Gasteiger partial charge in [0, 0.05) is 24.6 Å². The Morgan fingerprint density at radius 2 is 1.79 bits per heavy atom. The molecule has 0 bridgehead atoms. The lowest BCUT2D eigenvalue weighted by atomic mass is 10.1. The predicted octanol–water partition coefficient (Wildman–Crippen LogP) is 2.28. The van der Waals surface area contributed by atoms with Crippen LogP contribution in [0.2, 0.25) is 0 Å². The molecule has 0 unspecified atom stereocenters. The number of hydrogen-bond acceptors (Lipinski definition) is 4. The maximum absolute atomic E-state index is 12.2. The van der Waals surface area contributed by atoms with Crippen LogP contribution in [0, 0.1) is 13.8 Å². The maximum Gasteiger partial charge on any atom is 0.251 e. The van der Waals surface area contributed by atoms with Crippen molar-refractivity contribution in [3.8, 4) is 0 Å². The summed E-state index contributed by atoms with van der Waals surface area (Å²) in [5, 5.41) is 5.63. The lowest BCUT2D eigenvalue weighted by Crippen LogP contribution is -2.35. The summed E-state index contributed by atoms with van der Waals surface area (Å²) in [4.78, 5) is 32.8. The number of benzene rings is 1. The zero-order valence-corrected chi connectivity index (χ0v) is 14.6. The highest BCUT2D eigenvalue weighted by Gasteiger charge is 2.10. The highest BCUT2D eigenvalue weighted by Crippen LogP contribution is 2.14. The number of carbonyl (C=O) groups excluding carboxylic acids is 2. The molecule has 0 saturated carbocycles. The molecular weight excluding hydrogens is 304 g/mol. The number of carbonyl (C=O) groups is 2. The van der Waals surface area contributed by atoms with Crippen LogP contribution < -0.4 is 10.6 Å². The first kappa shape index (κ1) is 17.8. The summed E-state index contributed by atoms with van der Waals surface area (Å²) in [7, 11) is 0. The molecular formula is C18H24N4O2. The van der Waals surface area contributed by atoms with Gasteiger partial charge in [0.1, 0.15) is 0 Å². The molecule has 1 atom stereocenters. The second-order valence-corrected chi connectivity index (χ2v) is 5.98. The van der Waals surface area contributed by atoms with Crippen LogP contribution >= 0.6 is 0 Å². The Balaban J connectivity index is 1.96. The topological polar surface area (TPSA) is 84.0 Å². The molecule has 6 heteroatoms. The van der Waals surface area contributed by atoms with E-state index in [-0.39, 0.29) is 24.3 Å². The van der Waals surface area contributed by atoms with Gasteiger partial charge in [-0.05, 0) is 45.4 Å². The lowest BCUT2D eigenvalue weighted by Gasteiger charge is -2.11. The Hall–Kier alpha value is -2.50. The SMILES string of the molecule is CC[C@@H](C)NC(=O)CCNC(=O)c1ccc2nc(C)c(C)nc2c1. The first-order valence-corrected chi connectivity index (χ1v) is 8.23. The van der Waals surface area contributed by atoms with E-state index in [9.17, 15) is 9.59 Å². The van der Waals surface area contributed by atoms with Gasteiger partial charge in [0.15, 0.2) is 0 Å². The van der Waals surface area contributed by atoms with E-state index in [0.717, 1.165) is 23.3 Å². The van der Waals surface area contributed by atoms with Gasteiger partial charge in [-0.1, -0.05) is 6.92 Å². The Morgan fingerprint density at radius 1 is 1.12 bits per heavy atom. The highest BCUT2D eigenvalue weighted by atomic mass is 16.2. The summed E-state index contributed by atoms with van der Waals surface area (Å²) in [6.07, 6.45) is 1.15. The average Bonchev–Trinajstić information content (AvgIpc) is 2.55. The summed E-state index contributed by atoms with van der Waals surface area (Å²) in [6, 6.07) is 5.39. The molecule has 0 fully saturated rings. The molecule has 1 aromatic heterocycles. The second-order valence-electron chi connectivity index (χ2n) is 5.98. The molecule has 6 nitrogen and oxygen atoms in total. The quantitative estimate of drug-likeness (QED) is 0.852. The fourth-order valence-corrected chi connectivity index (χ4v) is 2.21. The molecule has 1 heterocycles. The van der Waals surface area contributed by atoms with Crippen LogP contribution in [0.5, 0.6) is 0 Å². The van der Waals surface area contributed by atoms with Gasteiger partial charge in [-0.2, -0.15) is 0 Å². The molecule has 0 spiro atoms. The number of hydrogen-bond donors (Lipinski definition) is 2. The molecule has 1 aromatic carbocycles. The van der Waals surface area contributed by atoms with Crippen LogP contribution in [0.1, 0.15) is 48.4 Å². The number of fused-ring (bicyclic) bond motifs is 1. The molecule has 0 radical (unpaired) electrons. The molecule has 0 saturated heterocycles. The zero-order chi connectivity index (χ0) is 17.7. The second kappa shape index (κ2) is 7.86. The van der Waals surface area contributed by atoms with Crippen molar-refractivity contribution in [3.05, 3.63) is 35.2 Å². The Kier molecular flexibility index (Phi) is 5.84. The molecule has 0 aliphatic rings. The third-order valence-corrected chi connectivity index (χ3v) is 3.99. The van der Waals surface area contributed by atoms with E-state index in [2.05, 4.69) is 20.6 Å². The third-order valence-electron chi connectivity index (χ3n) is 3.99. The van der Waals surface area contributed by atoms with Crippen LogP contribution in [0.4, 0.5) is 0 Å². The number of nitrogens with one attached hydrogen (secondary N) is 2. The van der Waals surface area contributed by atoms with Crippen molar-refractivity contribution in [1.29, 1.82) is 0 Å². The van der Waals surface area contributed by atoms with Crippen LogP contribution in [0.3, 0.4) is 0 Å². The maximum atomic E-state index is 12.2. The minimum atomic E-state index is -0.215. The first-order valence-electron chi connectivity index (χ1n) is 8.23.